The van der Waals surface area contributed by atoms with Crippen LogP contribution in [0.25, 0.3) is 5.95 Å². The second kappa shape index (κ2) is 7.39. The van der Waals surface area contributed by atoms with E-state index < -0.39 is 0 Å². The SMILES string of the molecule is CNc1nc(NCCCCCO)nc(-n2cccn2)n1. The lowest BCUT2D eigenvalue weighted by atomic mass is 10.2. The Morgan fingerprint density at radius 2 is 2.00 bits per heavy atom. The van der Waals surface area contributed by atoms with Crippen molar-refractivity contribution in [3.8, 4) is 5.95 Å². The van der Waals surface area contributed by atoms with Gasteiger partial charge in [-0.05, 0) is 25.3 Å². The van der Waals surface area contributed by atoms with Crippen LogP contribution in [0.5, 0.6) is 0 Å². The number of hydrogen-bond donors (Lipinski definition) is 3. The van der Waals surface area contributed by atoms with Gasteiger partial charge in [-0.1, -0.05) is 0 Å². The van der Waals surface area contributed by atoms with Crippen molar-refractivity contribution in [3.05, 3.63) is 18.5 Å². The standard InChI is InChI=1S/C12H19N7O/c1-13-10-16-11(14-6-3-2-4-9-20)18-12(17-10)19-8-5-7-15-19/h5,7-8,20H,2-4,6,9H2,1H3,(H2,13,14,16,17,18). The number of anilines is 2. The molecule has 0 bridgehead atoms. The van der Waals surface area contributed by atoms with E-state index in [0.717, 1.165) is 25.8 Å². The van der Waals surface area contributed by atoms with Crippen LogP contribution in [0.3, 0.4) is 0 Å². The van der Waals surface area contributed by atoms with E-state index >= 15 is 0 Å². The summed E-state index contributed by atoms with van der Waals surface area (Å²) in [5.74, 6) is 1.47. The van der Waals surface area contributed by atoms with Gasteiger partial charge in [0.15, 0.2) is 0 Å². The van der Waals surface area contributed by atoms with Gasteiger partial charge in [0.2, 0.25) is 11.9 Å². The maximum atomic E-state index is 8.72. The van der Waals surface area contributed by atoms with Gasteiger partial charge in [-0.3, -0.25) is 0 Å². The van der Waals surface area contributed by atoms with Gasteiger partial charge >= 0.3 is 0 Å². The highest BCUT2D eigenvalue weighted by atomic mass is 16.2. The maximum Gasteiger partial charge on any atom is 0.257 e. The van der Waals surface area contributed by atoms with Gasteiger partial charge in [0.05, 0.1) is 0 Å². The number of aliphatic hydroxyl groups excluding tert-OH is 1. The number of unbranched alkanes of at least 4 members (excludes halogenated alkanes) is 2. The summed E-state index contributed by atoms with van der Waals surface area (Å²) in [4.78, 5) is 12.8. The van der Waals surface area contributed by atoms with Gasteiger partial charge < -0.3 is 15.7 Å². The summed E-state index contributed by atoms with van der Waals surface area (Å²) in [6.07, 6.45) is 6.20. The zero-order valence-corrected chi connectivity index (χ0v) is 11.5. The van der Waals surface area contributed by atoms with E-state index in [1.54, 1.807) is 24.1 Å². The third-order valence-corrected chi connectivity index (χ3v) is 2.67. The van der Waals surface area contributed by atoms with Crippen molar-refractivity contribution in [2.45, 2.75) is 19.3 Å². The van der Waals surface area contributed by atoms with E-state index in [1.807, 2.05) is 6.07 Å². The number of nitrogens with one attached hydrogen (secondary N) is 2. The summed E-state index contributed by atoms with van der Waals surface area (Å²) in [5.41, 5.74) is 0. The topological polar surface area (TPSA) is 101 Å². The zero-order chi connectivity index (χ0) is 14.2. The number of rotatable bonds is 8. The Balaban J connectivity index is 2.03. The van der Waals surface area contributed by atoms with E-state index in [9.17, 15) is 0 Å². The normalized spacial score (nSPS) is 10.5. The van der Waals surface area contributed by atoms with E-state index in [4.69, 9.17) is 5.11 Å². The van der Waals surface area contributed by atoms with Crippen molar-refractivity contribution < 1.29 is 5.11 Å². The molecular weight excluding hydrogens is 258 g/mol. The number of hydrogen-bond acceptors (Lipinski definition) is 7. The summed E-state index contributed by atoms with van der Waals surface area (Å²) < 4.78 is 1.58. The molecule has 0 aliphatic heterocycles. The number of aliphatic hydroxyl groups is 1. The number of aromatic nitrogens is 5. The maximum absolute atomic E-state index is 8.72. The highest BCUT2D eigenvalue weighted by Gasteiger charge is 2.07. The first-order valence-corrected chi connectivity index (χ1v) is 6.62. The molecule has 0 fully saturated rings. The summed E-state index contributed by atoms with van der Waals surface area (Å²) in [5, 5.41) is 18.9. The van der Waals surface area contributed by atoms with Crippen LogP contribution < -0.4 is 10.6 Å². The molecule has 3 N–H and O–H groups in total. The van der Waals surface area contributed by atoms with Crippen LogP contribution in [0.2, 0.25) is 0 Å². The smallest absolute Gasteiger partial charge is 0.257 e. The van der Waals surface area contributed by atoms with Gasteiger partial charge in [-0.2, -0.15) is 20.1 Å². The fraction of sp³-hybridized carbons (Fsp3) is 0.500. The molecule has 0 saturated carbocycles. The quantitative estimate of drug-likeness (QED) is 0.610. The second-order valence-electron chi connectivity index (χ2n) is 4.19. The van der Waals surface area contributed by atoms with E-state index in [1.165, 1.54) is 0 Å². The molecule has 0 radical (unpaired) electrons. The van der Waals surface area contributed by atoms with Crippen LogP contribution in [0.1, 0.15) is 19.3 Å². The molecule has 20 heavy (non-hydrogen) atoms. The minimum atomic E-state index is 0.235. The van der Waals surface area contributed by atoms with Gasteiger partial charge in [0, 0.05) is 32.6 Å². The first kappa shape index (κ1) is 14.2. The van der Waals surface area contributed by atoms with Crippen molar-refractivity contribution in [1.82, 2.24) is 24.7 Å². The van der Waals surface area contributed by atoms with Gasteiger partial charge in [-0.15, -0.1) is 0 Å². The molecule has 0 aliphatic rings. The molecule has 8 heteroatoms. The van der Waals surface area contributed by atoms with Crippen LogP contribution in [0, 0.1) is 0 Å². The lowest BCUT2D eigenvalue weighted by molar-refractivity contribution is 0.283. The van der Waals surface area contributed by atoms with Gasteiger partial charge in [0.1, 0.15) is 0 Å². The molecule has 0 aromatic carbocycles. The molecule has 0 saturated heterocycles. The fourth-order valence-corrected chi connectivity index (χ4v) is 1.66. The van der Waals surface area contributed by atoms with Crippen LogP contribution in [0.4, 0.5) is 11.9 Å². The van der Waals surface area contributed by atoms with Crippen LogP contribution in [-0.4, -0.2) is 50.0 Å². The Morgan fingerprint density at radius 1 is 1.15 bits per heavy atom. The third kappa shape index (κ3) is 3.89. The molecule has 2 aromatic rings. The molecule has 0 spiro atoms. The van der Waals surface area contributed by atoms with Gasteiger partial charge in [0.25, 0.3) is 5.95 Å². The van der Waals surface area contributed by atoms with E-state index in [0.29, 0.717) is 17.8 Å². The van der Waals surface area contributed by atoms with Crippen LogP contribution in [0.15, 0.2) is 18.5 Å². The Labute approximate surface area is 117 Å². The lowest BCUT2D eigenvalue weighted by Gasteiger charge is -2.08. The Hall–Kier alpha value is -2.22. The van der Waals surface area contributed by atoms with E-state index in [-0.39, 0.29) is 6.61 Å². The minimum absolute atomic E-state index is 0.235. The molecule has 2 aromatic heterocycles. The Bertz CT molecular complexity index is 515. The average molecular weight is 277 g/mol. The molecule has 108 valence electrons. The van der Waals surface area contributed by atoms with Crippen LogP contribution >= 0.6 is 0 Å². The first-order chi connectivity index (χ1) is 9.83. The molecule has 0 aliphatic carbocycles. The predicted molar refractivity (Wildman–Crippen MR) is 75.9 cm³/mol. The average Bonchev–Trinajstić information content (AvgIpc) is 3.01. The van der Waals surface area contributed by atoms with Gasteiger partial charge in [-0.25, -0.2) is 4.68 Å². The third-order valence-electron chi connectivity index (χ3n) is 2.67. The van der Waals surface area contributed by atoms with E-state index in [2.05, 4.69) is 30.7 Å². The van der Waals surface area contributed by atoms with Crippen molar-refractivity contribution in [3.63, 3.8) is 0 Å². The second-order valence-corrected chi connectivity index (χ2v) is 4.19. The Morgan fingerprint density at radius 3 is 2.70 bits per heavy atom. The molecule has 0 amide bonds. The molecule has 2 rings (SSSR count). The molecule has 8 nitrogen and oxygen atoms in total. The first-order valence-electron chi connectivity index (χ1n) is 6.62. The highest BCUT2D eigenvalue weighted by Crippen LogP contribution is 2.08. The highest BCUT2D eigenvalue weighted by molar-refractivity contribution is 5.37. The lowest BCUT2D eigenvalue weighted by Crippen LogP contribution is -2.12. The summed E-state index contributed by atoms with van der Waals surface area (Å²) in [6, 6.07) is 1.81. The monoisotopic (exact) mass is 277 g/mol. The van der Waals surface area contributed by atoms with Crippen molar-refractivity contribution in [1.29, 1.82) is 0 Å². The molecule has 0 unspecified atom stereocenters. The summed E-state index contributed by atoms with van der Waals surface area (Å²) in [7, 11) is 1.76. The van der Waals surface area contributed by atoms with Crippen molar-refractivity contribution >= 4 is 11.9 Å². The summed E-state index contributed by atoms with van der Waals surface area (Å²) >= 11 is 0. The van der Waals surface area contributed by atoms with Crippen molar-refractivity contribution in [2.24, 2.45) is 0 Å². The largest absolute Gasteiger partial charge is 0.396 e. The minimum Gasteiger partial charge on any atom is -0.396 e. The van der Waals surface area contributed by atoms with Crippen molar-refractivity contribution in [2.75, 3.05) is 30.8 Å². The fourth-order valence-electron chi connectivity index (χ4n) is 1.66. The molecule has 2 heterocycles. The molecular formula is C12H19N7O. The zero-order valence-electron chi connectivity index (χ0n) is 11.5. The van der Waals surface area contributed by atoms with Crippen LogP contribution in [-0.2, 0) is 0 Å². The molecule has 0 atom stereocenters. The Kier molecular flexibility index (Phi) is 5.24. The number of nitrogens with zero attached hydrogens (tertiary/aromatic N) is 5. The predicted octanol–water partition coefficient (Wildman–Crippen LogP) is 0.673. The summed E-state index contributed by atoms with van der Waals surface area (Å²) in [6.45, 7) is 0.991.